The summed E-state index contributed by atoms with van der Waals surface area (Å²) in [5.41, 5.74) is -0.899. The number of hydrogen-bond donors (Lipinski definition) is 2. The summed E-state index contributed by atoms with van der Waals surface area (Å²) >= 11 is 0. The molecule has 2 atom stereocenters. The maximum absolute atomic E-state index is 12.9. The molecule has 28 heavy (non-hydrogen) atoms. The van der Waals surface area contributed by atoms with Crippen molar-refractivity contribution in [3.8, 4) is 5.75 Å². The van der Waals surface area contributed by atoms with Gasteiger partial charge in [0.05, 0.1) is 23.8 Å². The Morgan fingerprint density at radius 3 is 2.82 bits per heavy atom. The average molecular weight is 390 g/mol. The number of nitrogens with zero attached hydrogens (tertiary/aromatic N) is 2. The van der Waals surface area contributed by atoms with Crippen LogP contribution in [0.15, 0.2) is 18.2 Å². The third-order valence-corrected chi connectivity index (χ3v) is 5.47. The molecule has 1 aromatic rings. The van der Waals surface area contributed by atoms with Gasteiger partial charge in [-0.05, 0) is 24.8 Å². The lowest BCUT2D eigenvalue weighted by atomic mass is 9.73. The number of carbonyl (C=O) groups is 3. The average Bonchev–Trinajstić information content (AvgIpc) is 2.89. The van der Waals surface area contributed by atoms with Crippen molar-refractivity contribution in [3.05, 3.63) is 28.3 Å². The Kier molecular flexibility index (Phi) is 5.21. The van der Waals surface area contributed by atoms with Crippen LogP contribution < -0.4 is 15.4 Å². The van der Waals surface area contributed by atoms with E-state index in [2.05, 4.69) is 10.6 Å². The van der Waals surface area contributed by atoms with Crippen LogP contribution in [-0.2, 0) is 9.59 Å². The Labute approximate surface area is 161 Å². The van der Waals surface area contributed by atoms with E-state index < -0.39 is 28.9 Å². The van der Waals surface area contributed by atoms with Crippen molar-refractivity contribution in [1.82, 2.24) is 10.2 Å². The van der Waals surface area contributed by atoms with Gasteiger partial charge in [-0.15, -0.1) is 0 Å². The highest BCUT2D eigenvalue weighted by molar-refractivity contribution is 6.10. The summed E-state index contributed by atoms with van der Waals surface area (Å²) in [6.07, 6.45) is 3.25. The monoisotopic (exact) mass is 390 g/mol. The zero-order chi connectivity index (χ0) is 20.5. The van der Waals surface area contributed by atoms with E-state index in [-0.39, 0.29) is 28.9 Å². The van der Waals surface area contributed by atoms with Crippen LogP contribution in [0.25, 0.3) is 0 Å². The number of hydrogen-bond acceptors (Lipinski definition) is 6. The van der Waals surface area contributed by atoms with Crippen LogP contribution in [0.5, 0.6) is 5.75 Å². The van der Waals surface area contributed by atoms with E-state index in [0.717, 1.165) is 24.2 Å². The number of ether oxygens (including phenoxy) is 1. The molecule has 1 spiro atoms. The summed E-state index contributed by atoms with van der Waals surface area (Å²) in [6, 6.07) is 3.17. The molecule has 2 aliphatic rings. The van der Waals surface area contributed by atoms with Gasteiger partial charge in [-0.3, -0.25) is 24.6 Å². The molecule has 10 heteroatoms. The van der Waals surface area contributed by atoms with Crippen LogP contribution in [0.1, 0.15) is 32.6 Å². The van der Waals surface area contributed by atoms with Gasteiger partial charge in [-0.25, -0.2) is 4.79 Å². The van der Waals surface area contributed by atoms with Gasteiger partial charge >= 0.3 is 6.03 Å². The van der Waals surface area contributed by atoms with Crippen LogP contribution in [-0.4, -0.2) is 46.9 Å². The summed E-state index contributed by atoms with van der Waals surface area (Å²) in [5, 5.41) is 16.2. The van der Waals surface area contributed by atoms with Gasteiger partial charge in [0.2, 0.25) is 5.91 Å². The maximum atomic E-state index is 12.9. The molecule has 1 aliphatic carbocycles. The first-order chi connectivity index (χ1) is 13.3. The van der Waals surface area contributed by atoms with E-state index in [9.17, 15) is 24.5 Å². The van der Waals surface area contributed by atoms with Gasteiger partial charge in [0.15, 0.2) is 0 Å². The number of anilines is 1. The van der Waals surface area contributed by atoms with E-state index in [1.807, 2.05) is 6.92 Å². The zero-order valence-electron chi connectivity index (χ0n) is 15.7. The van der Waals surface area contributed by atoms with Crippen LogP contribution >= 0.6 is 0 Å². The first-order valence-corrected chi connectivity index (χ1v) is 9.05. The fourth-order valence-corrected chi connectivity index (χ4v) is 3.87. The fraction of sp³-hybridized carbons (Fsp3) is 0.500. The molecule has 2 N–H and O–H groups in total. The summed E-state index contributed by atoms with van der Waals surface area (Å²) in [4.78, 5) is 48.9. The molecule has 0 bridgehead atoms. The summed E-state index contributed by atoms with van der Waals surface area (Å²) in [5.74, 6) is -0.871. The molecule has 1 aliphatic heterocycles. The largest absolute Gasteiger partial charge is 0.494 e. The number of rotatable bonds is 5. The third-order valence-electron chi connectivity index (χ3n) is 5.47. The number of nitrogens with one attached hydrogen (secondary N) is 2. The predicted octanol–water partition coefficient (Wildman–Crippen LogP) is 2.04. The number of benzene rings is 1. The van der Waals surface area contributed by atoms with Gasteiger partial charge in [0, 0.05) is 6.07 Å². The third kappa shape index (κ3) is 3.37. The van der Waals surface area contributed by atoms with Crippen LogP contribution in [0.3, 0.4) is 0 Å². The highest BCUT2D eigenvalue weighted by atomic mass is 16.6. The van der Waals surface area contributed by atoms with Crippen LogP contribution in [0, 0.1) is 16.0 Å². The first kappa shape index (κ1) is 19.6. The zero-order valence-corrected chi connectivity index (χ0v) is 15.7. The number of nitro benzene ring substituents is 1. The molecule has 0 radical (unpaired) electrons. The Morgan fingerprint density at radius 2 is 2.18 bits per heavy atom. The van der Waals surface area contributed by atoms with Crippen LogP contribution in [0.4, 0.5) is 16.2 Å². The van der Waals surface area contributed by atoms with Crippen molar-refractivity contribution in [1.29, 1.82) is 0 Å². The number of carbonyl (C=O) groups excluding carboxylic acids is 3. The summed E-state index contributed by atoms with van der Waals surface area (Å²) < 4.78 is 5.07. The molecule has 4 amide bonds. The van der Waals surface area contributed by atoms with Crippen molar-refractivity contribution in [2.45, 2.75) is 38.1 Å². The minimum atomic E-state index is -0.930. The first-order valence-electron chi connectivity index (χ1n) is 9.05. The number of imide groups is 1. The van der Waals surface area contributed by atoms with Crippen molar-refractivity contribution >= 4 is 29.2 Å². The number of nitro groups is 1. The molecule has 3 rings (SSSR count). The molecule has 2 fully saturated rings. The molecule has 10 nitrogen and oxygen atoms in total. The molecule has 1 saturated carbocycles. The second kappa shape index (κ2) is 7.45. The Balaban J connectivity index is 1.72. The highest BCUT2D eigenvalue weighted by Gasteiger charge is 2.55. The lowest BCUT2D eigenvalue weighted by Gasteiger charge is -2.36. The van der Waals surface area contributed by atoms with Gasteiger partial charge in [-0.2, -0.15) is 0 Å². The number of methoxy groups -OCH3 is 1. The van der Waals surface area contributed by atoms with Gasteiger partial charge < -0.3 is 15.4 Å². The van der Waals surface area contributed by atoms with E-state index in [4.69, 9.17) is 4.74 Å². The van der Waals surface area contributed by atoms with E-state index in [1.165, 1.54) is 25.3 Å². The normalized spacial score (nSPS) is 24.2. The minimum Gasteiger partial charge on any atom is -0.494 e. The standard InChI is InChI=1S/C18H22N4O6/c1-11-5-3-4-8-18(11)16(24)21(17(25)20-18)10-15(23)19-13-7-6-12(22(26)27)9-14(13)28-2/h6-7,9,11H,3-5,8,10H2,1-2H3,(H,19,23)(H,20,25)/t11-,18-/m0/s1. The number of non-ortho nitro benzene ring substituents is 1. The smallest absolute Gasteiger partial charge is 0.325 e. The summed E-state index contributed by atoms with van der Waals surface area (Å²) in [7, 11) is 1.32. The van der Waals surface area contributed by atoms with Gasteiger partial charge in [-0.1, -0.05) is 19.8 Å². The Hall–Kier alpha value is -3.17. The van der Waals surface area contributed by atoms with Crippen molar-refractivity contribution < 1.29 is 24.0 Å². The Bertz CT molecular complexity index is 841. The quantitative estimate of drug-likeness (QED) is 0.449. The lowest BCUT2D eigenvalue weighted by Crippen LogP contribution is -2.54. The van der Waals surface area contributed by atoms with E-state index >= 15 is 0 Å². The molecular formula is C18H22N4O6. The molecule has 1 aromatic carbocycles. The minimum absolute atomic E-state index is 0.000489. The Morgan fingerprint density at radius 1 is 1.43 bits per heavy atom. The highest BCUT2D eigenvalue weighted by Crippen LogP contribution is 2.38. The molecule has 0 aromatic heterocycles. The topological polar surface area (TPSA) is 131 Å². The molecule has 1 heterocycles. The van der Waals surface area contributed by atoms with E-state index in [1.54, 1.807) is 0 Å². The van der Waals surface area contributed by atoms with E-state index in [0.29, 0.717) is 6.42 Å². The lowest BCUT2D eigenvalue weighted by molar-refractivity contribution is -0.384. The second-order valence-corrected chi connectivity index (χ2v) is 7.13. The molecule has 0 unspecified atom stereocenters. The molecule has 1 saturated heterocycles. The second-order valence-electron chi connectivity index (χ2n) is 7.13. The van der Waals surface area contributed by atoms with Crippen LogP contribution in [0.2, 0.25) is 0 Å². The number of amides is 4. The van der Waals surface area contributed by atoms with Crippen molar-refractivity contribution in [2.75, 3.05) is 19.0 Å². The predicted molar refractivity (Wildman–Crippen MR) is 98.9 cm³/mol. The van der Waals surface area contributed by atoms with Crippen molar-refractivity contribution in [2.24, 2.45) is 5.92 Å². The van der Waals surface area contributed by atoms with Crippen molar-refractivity contribution in [3.63, 3.8) is 0 Å². The van der Waals surface area contributed by atoms with Gasteiger partial charge in [0.25, 0.3) is 11.6 Å². The SMILES string of the molecule is COc1cc([N+](=O)[O-])ccc1NC(=O)CN1C(=O)N[C@]2(CCCC[C@@H]2C)C1=O. The molecule has 150 valence electrons. The maximum Gasteiger partial charge on any atom is 0.325 e. The fourth-order valence-electron chi connectivity index (χ4n) is 3.87. The molecular weight excluding hydrogens is 368 g/mol. The summed E-state index contributed by atoms with van der Waals surface area (Å²) in [6.45, 7) is 1.49. The van der Waals surface area contributed by atoms with Gasteiger partial charge in [0.1, 0.15) is 17.8 Å². The number of urea groups is 1.